The summed E-state index contributed by atoms with van der Waals surface area (Å²) in [5.41, 5.74) is 5.16. The fourth-order valence-corrected chi connectivity index (χ4v) is 1.47. The smallest absolute Gasteiger partial charge is 0.129 e. The summed E-state index contributed by atoms with van der Waals surface area (Å²) in [7, 11) is 1.97. The molecule has 0 amide bonds. The van der Waals surface area contributed by atoms with Crippen molar-refractivity contribution in [1.82, 2.24) is 0 Å². The van der Waals surface area contributed by atoms with Gasteiger partial charge in [0.25, 0.3) is 0 Å². The Morgan fingerprint density at radius 3 is 2.31 bits per heavy atom. The van der Waals surface area contributed by atoms with E-state index in [2.05, 4.69) is 37.7 Å². The summed E-state index contributed by atoms with van der Waals surface area (Å²) in [5, 5.41) is 0. The quantitative estimate of drug-likeness (QED) is 0.416. The molecule has 0 bridgehead atoms. The standard InChI is InChI=1S/C13H22O2Si/c1-12(11-15-3)13(7-9-14-2)8-10-16(4,5)6/h7H,1,9,11H2,2-6H3/b13-7-. The molecule has 0 N–H and O–H groups in total. The van der Waals surface area contributed by atoms with Crippen LogP contribution >= 0.6 is 0 Å². The molecule has 16 heavy (non-hydrogen) atoms. The Hall–Kier alpha value is -0.823. The highest BCUT2D eigenvalue weighted by Crippen LogP contribution is 2.08. The number of hydrogen-bond acceptors (Lipinski definition) is 2. The molecule has 90 valence electrons. The highest BCUT2D eigenvalue weighted by atomic mass is 28.3. The van der Waals surface area contributed by atoms with Gasteiger partial charge in [0.2, 0.25) is 0 Å². The fraction of sp³-hybridized carbons (Fsp3) is 0.538. The predicted octanol–water partition coefficient (Wildman–Crippen LogP) is 2.64. The lowest BCUT2D eigenvalue weighted by Gasteiger charge is -2.07. The maximum atomic E-state index is 5.06. The van der Waals surface area contributed by atoms with Crippen LogP contribution in [0.5, 0.6) is 0 Å². The molecular weight excluding hydrogens is 216 g/mol. The third kappa shape index (κ3) is 7.47. The molecule has 0 aromatic carbocycles. The van der Waals surface area contributed by atoms with Gasteiger partial charge in [0.15, 0.2) is 0 Å². The van der Waals surface area contributed by atoms with E-state index < -0.39 is 8.07 Å². The molecule has 0 saturated carbocycles. The van der Waals surface area contributed by atoms with Gasteiger partial charge in [-0.25, -0.2) is 0 Å². The van der Waals surface area contributed by atoms with Crippen molar-refractivity contribution in [2.45, 2.75) is 19.6 Å². The van der Waals surface area contributed by atoms with E-state index in [1.807, 2.05) is 6.08 Å². The summed E-state index contributed by atoms with van der Waals surface area (Å²) < 4.78 is 10.1. The molecule has 2 nitrogen and oxygen atoms in total. The second-order valence-electron chi connectivity index (χ2n) is 4.61. The average molecular weight is 238 g/mol. The molecule has 0 aromatic heterocycles. The lowest BCUT2D eigenvalue weighted by Crippen LogP contribution is -2.16. The lowest BCUT2D eigenvalue weighted by molar-refractivity contribution is 0.226. The van der Waals surface area contributed by atoms with Gasteiger partial charge in [-0.3, -0.25) is 0 Å². The number of rotatable bonds is 5. The Labute approximate surface area is 100 Å². The lowest BCUT2D eigenvalue weighted by atomic mass is 10.1. The minimum absolute atomic E-state index is 0.510. The molecule has 0 aliphatic heterocycles. The third-order valence-electron chi connectivity index (χ3n) is 1.73. The molecule has 3 heteroatoms. The SMILES string of the molecule is C=C(COC)/C(C#C[Si](C)(C)C)=C\COC. The van der Waals surface area contributed by atoms with Crippen LogP contribution in [-0.4, -0.2) is 35.5 Å². The van der Waals surface area contributed by atoms with E-state index in [1.165, 1.54) is 0 Å². The molecular formula is C13H22O2Si. The molecule has 0 rings (SSSR count). The van der Waals surface area contributed by atoms with Crippen molar-refractivity contribution in [3.63, 3.8) is 0 Å². The second kappa shape index (κ2) is 7.45. The largest absolute Gasteiger partial charge is 0.381 e. The van der Waals surface area contributed by atoms with E-state index in [-0.39, 0.29) is 0 Å². The van der Waals surface area contributed by atoms with E-state index >= 15 is 0 Å². The summed E-state index contributed by atoms with van der Waals surface area (Å²) in [6.07, 6.45) is 1.95. The van der Waals surface area contributed by atoms with Gasteiger partial charge in [0.1, 0.15) is 8.07 Å². The zero-order chi connectivity index (χ0) is 12.6. The minimum Gasteiger partial charge on any atom is -0.381 e. The van der Waals surface area contributed by atoms with Crippen LogP contribution in [0.4, 0.5) is 0 Å². The van der Waals surface area contributed by atoms with E-state index in [0.717, 1.165) is 11.1 Å². The van der Waals surface area contributed by atoms with Crippen molar-refractivity contribution in [2.75, 3.05) is 27.4 Å². The first-order chi connectivity index (χ1) is 7.40. The van der Waals surface area contributed by atoms with Crippen molar-refractivity contribution >= 4 is 8.07 Å². The third-order valence-corrected chi connectivity index (χ3v) is 2.60. The summed E-state index contributed by atoms with van der Waals surface area (Å²) in [6.45, 7) is 11.7. The van der Waals surface area contributed by atoms with E-state index in [9.17, 15) is 0 Å². The van der Waals surface area contributed by atoms with Gasteiger partial charge in [-0.05, 0) is 11.6 Å². The Kier molecular flexibility index (Phi) is 7.07. The maximum Gasteiger partial charge on any atom is 0.129 e. The molecule has 0 spiro atoms. The molecule has 0 heterocycles. The molecule has 0 unspecified atom stereocenters. The molecule has 0 saturated heterocycles. The first kappa shape index (κ1) is 15.2. The second-order valence-corrected chi connectivity index (χ2v) is 9.36. The molecule has 0 aliphatic carbocycles. The zero-order valence-corrected chi connectivity index (χ0v) is 12.0. The highest BCUT2D eigenvalue weighted by Gasteiger charge is 2.08. The normalized spacial score (nSPS) is 11.9. The number of hydrogen-bond donors (Lipinski definition) is 0. The van der Waals surface area contributed by atoms with Crippen molar-refractivity contribution in [2.24, 2.45) is 0 Å². The summed E-state index contributed by atoms with van der Waals surface area (Å²) >= 11 is 0. The van der Waals surface area contributed by atoms with Crippen LogP contribution < -0.4 is 0 Å². The van der Waals surface area contributed by atoms with Crippen LogP contribution in [0, 0.1) is 11.5 Å². The number of ether oxygens (including phenoxy) is 2. The number of methoxy groups -OCH3 is 2. The van der Waals surface area contributed by atoms with Crippen molar-refractivity contribution in [1.29, 1.82) is 0 Å². The van der Waals surface area contributed by atoms with Crippen LogP contribution in [0.1, 0.15) is 0 Å². The van der Waals surface area contributed by atoms with Crippen molar-refractivity contribution in [3.05, 3.63) is 23.8 Å². The summed E-state index contributed by atoms with van der Waals surface area (Å²) in [5.74, 6) is 3.19. The van der Waals surface area contributed by atoms with Gasteiger partial charge in [0.05, 0.1) is 13.2 Å². The Morgan fingerprint density at radius 2 is 1.88 bits per heavy atom. The van der Waals surface area contributed by atoms with Crippen LogP contribution in [0.15, 0.2) is 23.8 Å². The summed E-state index contributed by atoms with van der Waals surface area (Å²) in [4.78, 5) is 0. The predicted molar refractivity (Wildman–Crippen MR) is 72.1 cm³/mol. The molecule has 0 atom stereocenters. The first-order valence-corrected chi connectivity index (χ1v) is 8.80. The highest BCUT2D eigenvalue weighted by molar-refractivity contribution is 6.83. The Morgan fingerprint density at radius 1 is 1.25 bits per heavy atom. The first-order valence-electron chi connectivity index (χ1n) is 5.30. The van der Waals surface area contributed by atoms with Gasteiger partial charge in [-0.2, -0.15) is 0 Å². The van der Waals surface area contributed by atoms with Crippen molar-refractivity contribution in [3.8, 4) is 11.5 Å². The van der Waals surface area contributed by atoms with Crippen LogP contribution in [0.3, 0.4) is 0 Å². The van der Waals surface area contributed by atoms with Crippen LogP contribution in [-0.2, 0) is 9.47 Å². The molecule has 0 aromatic rings. The Bertz CT molecular complexity index is 313. The van der Waals surface area contributed by atoms with Crippen LogP contribution in [0.2, 0.25) is 19.6 Å². The minimum atomic E-state index is -1.35. The Balaban J connectivity index is 4.80. The zero-order valence-electron chi connectivity index (χ0n) is 11.0. The van der Waals surface area contributed by atoms with Crippen LogP contribution in [0.25, 0.3) is 0 Å². The average Bonchev–Trinajstić information content (AvgIpc) is 2.16. The fourth-order valence-electron chi connectivity index (χ4n) is 0.957. The van der Waals surface area contributed by atoms with E-state index in [0.29, 0.717) is 13.2 Å². The topological polar surface area (TPSA) is 18.5 Å². The van der Waals surface area contributed by atoms with E-state index in [1.54, 1.807) is 14.2 Å². The van der Waals surface area contributed by atoms with Gasteiger partial charge < -0.3 is 9.47 Å². The van der Waals surface area contributed by atoms with Gasteiger partial charge in [0, 0.05) is 19.8 Å². The van der Waals surface area contributed by atoms with Crippen molar-refractivity contribution < 1.29 is 9.47 Å². The molecule has 0 fully saturated rings. The monoisotopic (exact) mass is 238 g/mol. The van der Waals surface area contributed by atoms with E-state index in [4.69, 9.17) is 9.47 Å². The van der Waals surface area contributed by atoms with Gasteiger partial charge >= 0.3 is 0 Å². The molecule has 0 radical (unpaired) electrons. The summed E-state index contributed by atoms with van der Waals surface area (Å²) in [6, 6.07) is 0. The van der Waals surface area contributed by atoms with Gasteiger partial charge in [-0.15, -0.1) is 5.54 Å². The molecule has 0 aliphatic rings. The van der Waals surface area contributed by atoms with Gasteiger partial charge in [-0.1, -0.05) is 32.1 Å². The maximum absolute atomic E-state index is 5.06.